The maximum Gasteiger partial charge on any atom is 0.269 e. The molecule has 1 aromatic carbocycles. The van der Waals surface area contributed by atoms with Crippen LogP contribution >= 0.6 is 0 Å². The van der Waals surface area contributed by atoms with E-state index in [0.717, 1.165) is 38.1 Å². The van der Waals surface area contributed by atoms with E-state index < -0.39 is 0 Å². The minimum atomic E-state index is -0.377. The molecular formula is C12H16N2O3. The topological polar surface area (TPSA) is 64.4 Å². The average molecular weight is 236 g/mol. The molecule has 0 spiro atoms. The van der Waals surface area contributed by atoms with Crippen molar-refractivity contribution in [2.24, 2.45) is 0 Å². The van der Waals surface area contributed by atoms with Crippen LogP contribution in [0, 0.1) is 10.1 Å². The van der Waals surface area contributed by atoms with Crippen LogP contribution in [0.5, 0.6) is 0 Å². The third kappa shape index (κ3) is 3.51. The summed E-state index contributed by atoms with van der Waals surface area (Å²) in [7, 11) is 0. The van der Waals surface area contributed by atoms with Crippen LogP contribution in [0.25, 0.3) is 0 Å². The van der Waals surface area contributed by atoms with Crippen molar-refractivity contribution >= 4 is 5.69 Å². The van der Waals surface area contributed by atoms with Crippen LogP contribution in [0.1, 0.15) is 12.0 Å². The molecule has 5 heteroatoms. The monoisotopic (exact) mass is 236 g/mol. The Labute approximate surface area is 99.9 Å². The Kier molecular flexibility index (Phi) is 4.06. The van der Waals surface area contributed by atoms with E-state index in [-0.39, 0.29) is 16.7 Å². The van der Waals surface area contributed by atoms with Crippen molar-refractivity contribution in [3.63, 3.8) is 0 Å². The predicted octanol–water partition coefficient (Wildman–Crippen LogP) is 1.52. The summed E-state index contributed by atoms with van der Waals surface area (Å²) in [5, 5.41) is 13.8. The second-order valence-electron chi connectivity index (χ2n) is 4.16. The zero-order chi connectivity index (χ0) is 12.1. The van der Waals surface area contributed by atoms with Gasteiger partial charge in [-0.25, -0.2) is 0 Å². The Morgan fingerprint density at radius 2 is 2.18 bits per heavy atom. The van der Waals surface area contributed by atoms with Gasteiger partial charge in [-0.3, -0.25) is 10.1 Å². The summed E-state index contributed by atoms with van der Waals surface area (Å²) in [6, 6.07) is 6.73. The Hall–Kier alpha value is -1.46. The number of non-ortho nitro benzene ring substituents is 1. The highest BCUT2D eigenvalue weighted by Gasteiger charge is 2.13. The smallest absolute Gasteiger partial charge is 0.269 e. The van der Waals surface area contributed by atoms with Gasteiger partial charge in [0.25, 0.3) is 5.69 Å². The molecule has 2 rings (SSSR count). The van der Waals surface area contributed by atoms with Crippen LogP contribution in [-0.4, -0.2) is 30.7 Å². The first-order valence-electron chi connectivity index (χ1n) is 5.81. The maximum absolute atomic E-state index is 10.5. The van der Waals surface area contributed by atoms with Crippen LogP contribution in [0.2, 0.25) is 0 Å². The van der Waals surface area contributed by atoms with E-state index in [9.17, 15) is 10.1 Å². The molecule has 1 unspecified atom stereocenters. The molecule has 5 nitrogen and oxygen atoms in total. The van der Waals surface area contributed by atoms with Crippen LogP contribution in [0.15, 0.2) is 24.3 Å². The van der Waals surface area contributed by atoms with Crippen molar-refractivity contribution in [3.8, 4) is 0 Å². The van der Waals surface area contributed by atoms with Crippen LogP contribution in [-0.2, 0) is 11.2 Å². The average Bonchev–Trinajstić information content (AvgIpc) is 2.38. The van der Waals surface area contributed by atoms with Gasteiger partial charge in [0.05, 0.1) is 17.6 Å². The molecule has 92 valence electrons. The fraction of sp³-hybridized carbons (Fsp3) is 0.500. The number of benzene rings is 1. The number of ether oxygens (including phenoxy) is 1. The number of nitro benzene ring substituents is 1. The Morgan fingerprint density at radius 1 is 1.41 bits per heavy atom. The molecule has 0 radical (unpaired) electrons. The van der Waals surface area contributed by atoms with Gasteiger partial charge >= 0.3 is 0 Å². The predicted molar refractivity (Wildman–Crippen MR) is 64.0 cm³/mol. The lowest BCUT2D eigenvalue weighted by atomic mass is 10.1. The first-order chi connectivity index (χ1) is 8.25. The summed E-state index contributed by atoms with van der Waals surface area (Å²) in [5.74, 6) is 0. The lowest BCUT2D eigenvalue weighted by molar-refractivity contribution is -0.384. The number of nitrogens with zero attached hydrogens (tertiary/aromatic N) is 1. The fourth-order valence-corrected chi connectivity index (χ4v) is 1.92. The van der Waals surface area contributed by atoms with E-state index in [1.807, 2.05) is 12.1 Å². The number of rotatable bonds is 4. The van der Waals surface area contributed by atoms with Crippen LogP contribution < -0.4 is 5.32 Å². The van der Waals surface area contributed by atoms with E-state index in [0.29, 0.717) is 0 Å². The summed E-state index contributed by atoms with van der Waals surface area (Å²) in [4.78, 5) is 10.1. The minimum Gasteiger partial charge on any atom is -0.376 e. The molecule has 0 aromatic heterocycles. The fourth-order valence-electron chi connectivity index (χ4n) is 1.92. The van der Waals surface area contributed by atoms with Gasteiger partial charge in [-0.15, -0.1) is 0 Å². The van der Waals surface area contributed by atoms with Gasteiger partial charge in [0.1, 0.15) is 0 Å². The quantitative estimate of drug-likeness (QED) is 0.636. The van der Waals surface area contributed by atoms with Crippen molar-refractivity contribution in [1.82, 2.24) is 5.32 Å². The number of hydrogen-bond acceptors (Lipinski definition) is 4. The highest BCUT2D eigenvalue weighted by atomic mass is 16.6. The van der Waals surface area contributed by atoms with Gasteiger partial charge in [-0.2, -0.15) is 0 Å². The molecule has 0 amide bonds. The van der Waals surface area contributed by atoms with E-state index in [1.54, 1.807) is 12.1 Å². The molecule has 0 bridgehead atoms. The van der Waals surface area contributed by atoms with Crippen molar-refractivity contribution < 1.29 is 9.66 Å². The highest BCUT2D eigenvalue weighted by molar-refractivity contribution is 5.32. The molecule has 1 heterocycles. The van der Waals surface area contributed by atoms with E-state index >= 15 is 0 Å². The first kappa shape index (κ1) is 12.0. The summed E-state index contributed by atoms with van der Waals surface area (Å²) < 4.78 is 5.59. The van der Waals surface area contributed by atoms with Crippen molar-refractivity contribution in [1.29, 1.82) is 0 Å². The molecule has 1 atom stereocenters. The molecule has 1 fully saturated rings. The number of morpholine rings is 1. The number of hydrogen-bond donors (Lipinski definition) is 1. The molecule has 17 heavy (non-hydrogen) atoms. The molecule has 1 aliphatic heterocycles. The summed E-state index contributed by atoms with van der Waals surface area (Å²) in [6.45, 7) is 2.59. The molecular weight excluding hydrogens is 220 g/mol. The standard InChI is InChI=1S/C12H16N2O3/c15-14(16)11-4-1-10(2-5-11)3-6-12-9-13-7-8-17-12/h1-2,4-5,12-13H,3,6-9H2. The first-order valence-corrected chi connectivity index (χ1v) is 5.81. The van der Waals surface area contributed by atoms with E-state index in [2.05, 4.69) is 5.32 Å². The largest absolute Gasteiger partial charge is 0.376 e. The number of aryl methyl sites for hydroxylation is 1. The second kappa shape index (κ2) is 5.75. The zero-order valence-electron chi connectivity index (χ0n) is 9.59. The highest BCUT2D eigenvalue weighted by Crippen LogP contribution is 2.14. The van der Waals surface area contributed by atoms with Gasteiger partial charge in [0.2, 0.25) is 0 Å². The lowest BCUT2D eigenvalue weighted by Gasteiger charge is -2.23. The Balaban J connectivity index is 1.84. The van der Waals surface area contributed by atoms with Gasteiger partial charge in [0, 0.05) is 25.2 Å². The second-order valence-corrected chi connectivity index (χ2v) is 4.16. The van der Waals surface area contributed by atoms with Gasteiger partial charge in [-0.05, 0) is 18.4 Å². The van der Waals surface area contributed by atoms with Gasteiger partial charge < -0.3 is 10.1 Å². The Bertz CT molecular complexity index is 372. The van der Waals surface area contributed by atoms with Crippen molar-refractivity contribution in [2.45, 2.75) is 18.9 Å². The van der Waals surface area contributed by atoms with Gasteiger partial charge in [-0.1, -0.05) is 12.1 Å². The molecule has 1 N–H and O–H groups in total. The van der Waals surface area contributed by atoms with Crippen molar-refractivity contribution in [2.75, 3.05) is 19.7 Å². The third-order valence-corrected chi connectivity index (χ3v) is 2.91. The van der Waals surface area contributed by atoms with Crippen LogP contribution in [0.3, 0.4) is 0 Å². The summed E-state index contributed by atoms with van der Waals surface area (Å²) in [5.41, 5.74) is 1.26. The van der Waals surface area contributed by atoms with Crippen molar-refractivity contribution in [3.05, 3.63) is 39.9 Å². The summed E-state index contributed by atoms with van der Waals surface area (Å²) in [6.07, 6.45) is 2.11. The molecule has 0 saturated carbocycles. The number of nitro groups is 1. The number of nitrogens with one attached hydrogen (secondary N) is 1. The molecule has 1 saturated heterocycles. The minimum absolute atomic E-state index is 0.143. The van der Waals surface area contributed by atoms with Gasteiger partial charge in [0.15, 0.2) is 0 Å². The van der Waals surface area contributed by atoms with Crippen LogP contribution in [0.4, 0.5) is 5.69 Å². The summed E-state index contributed by atoms with van der Waals surface area (Å²) >= 11 is 0. The third-order valence-electron chi connectivity index (χ3n) is 2.91. The van der Waals surface area contributed by atoms with E-state index in [1.165, 1.54) is 0 Å². The Morgan fingerprint density at radius 3 is 2.76 bits per heavy atom. The lowest BCUT2D eigenvalue weighted by Crippen LogP contribution is -2.38. The van der Waals surface area contributed by atoms with E-state index in [4.69, 9.17) is 4.74 Å². The normalized spacial score (nSPS) is 20.1. The molecule has 1 aliphatic rings. The molecule has 1 aromatic rings. The molecule has 0 aliphatic carbocycles. The maximum atomic E-state index is 10.5. The SMILES string of the molecule is O=[N+]([O-])c1ccc(CCC2CNCCO2)cc1. The zero-order valence-corrected chi connectivity index (χ0v) is 9.59.